The second kappa shape index (κ2) is 8.69. The van der Waals surface area contributed by atoms with Crippen LogP contribution < -0.4 is 0 Å². The predicted molar refractivity (Wildman–Crippen MR) is 64.0 cm³/mol. The van der Waals surface area contributed by atoms with Crippen LogP contribution in [0.1, 0.15) is 27.7 Å². The number of rotatable bonds is 8. The van der Waals surface area contributed by atoms with Crippen molar-refractivity contribution >= 4 is 15.9 Å². The lowest BCUT2D eigenvalue weighted by Crippen LogP contribution is -2.23. The molecular formula is C11H23BrO2. The third-order valence-corrected chi connectivity index (χ3v) is 3.12. The summed E-state index contributed by atoms with van der Waals surface area (Å²) < 4.78 is 11.0. The Kier molecular flexibility index (Phi) is 8.94. The van der Waals surface area contributed by atoms with Gasteiger partial charge >= 0.3 is 0 Å². The van der Waals surface area contributed by atoms with E-state index < -0.39 is 0 Å². The third kappa shape index (κ3) is 6.80. The Morgan fingerprint density at radius 2 is 1.79 bits per heavy atom. The molecule has 0 rings (SSSR count). The van der Waals surface area contributed by atoms with Gasteiger partial charge in [-0.3, -0.25) is 0 Å². The molecule has 14 heavy (non-hydrogen) atoms. The average molecular weight is 267 g/mol. The van der Waals surface area contributed by atoms with Crippen LogP contribution in [0.15, 0.2) is 0 Å². The summed E-state index contributed by atoms with van der Waals surface area (Å²) in [5.74, 6) is 1.26. The molecule has 0 aromatic heterocycles. The summed E-state index contributed by atoms with van der Waals surface area (Å²) in [5, 5.41) is 1.01. The molecule has 2 atom stereocenters. The SMILES string of the molecule is CCOCC(C)OCC(CBr)C(C)C. The van der Waals surface area contributed by atoms with Gasteiger partial charge in [0.25, 0.3) is 0 Å². The van der Waals surface area contributed by atoms with Gasteiger partial charge in [0, 0.05) is 11.9 Å². The fourth-order valence-corrected chi connectivity index (χ4v) is 1.97. The second-order valence-electron chi connectivity index (χ2n) is 3.96. The summed E-state index contributed by atoms with van der Waals surface area (Å²) in [6.45, 7) is 10.8. The van der Waals surface area contributed by atoms with E-state index in [1.807, 2.05) is 6.92 Å². The van der Waals surface area contributed by atoms with Crippen molar-refractivity contribution in [2.45, 2.75) is 33.8 Å². The average Bonchev–Trinajstić information content (AvgIpc) is 2.15. The van der Waals surface area contributed by atoms with Crippen LogP contribution in [0.4, 0.5) is 0 Å². The second-order valence-corrected chi connectivity index (χ2v) is 4.61. The maximum absolute atomic E-state index is 5.70. The zero-order chi connectivity index (χ0) is 11.0. The number of hydrogen-bond acceptors (Lipinski definition) is 2. The minimum atomic E-state index is 0.204. The molecule has 0 aliphatic carbocycles. The highest BCUT2D eigenvalue weighted by Crippen LogP contribution is 2.14. The number of alkyl halides is 1. The van der Waals surface area contributed by atoms with Crippen molar-refractivity contribution in [1.82, 2.24) is 0 Å². The van der Waals surface area contributed by atoms with Crippen molar-refractivity contribution < 1.29 is 9.47 Å². The molecule has 0 aromatic carbocycles. The van der Waals surface area contributed by atoms with Crippen LogP contribution in [0.5, 0.6) is 0 Å². The van der Waals surface area contributed by atoms with Gasteiger partial charge in [-0.05, 0) is 25.7 Å². The topological polar surface area (TPSA) is 18.5 Å². The summed E-state index contributed by atoms with van der Waals surface area (Å²) in [6.07, 6.45) is 0.204. The monoisotopic (exact) mass is 266 g/mol. The van der Waals surface area contributed by atoms with Crippen LogP contribution >= 0.6 is 15.9 Å². The number of ether oxygens (including phenoxy) is 2. The first-order valence-corrected chi connectivity index (χ1v) is 6.49. The molecule has 0 spiro atoms. The first kappa shape index (κ1) is 14.4. The van der Waals surface area contributed by atoms with Crippen molar-refractivity contribution in [2.24, 2.45) is 11.8 Å². The molecule has 3 heteroatoms. The smallest absolute Gasteiger partial charge is 0.0780 e. The van der Waals surface area contributed by atoms with Crippen molar-refractivity contribution in [3.05, 3.63) is 0 Å². The van der Waals surface area contributed by atoms with E-state index in [9.17, 15) is 0 Å². The molecule has 0 saturated heterocycles. The fourth-order valence-electron chi connectivity index (χ4n) is 1.03. The van der Waals surface area contributed by atoms with Gasteiger partial charge < -0.3 is 9.47 Å². The molecule has 2 unspecified atom stereocenters. The molecule has 0 fully saturated rings. The highest BCUT2D eigenvalue weighted by molar-refractivity contribution is 9.09. The van der Waals surface area contributed by atoms with Gasteiger partial charge in [0.1, 0.15) is 0 Å². The van der Waals surface area contributed by atoms with Crippen molar-refractivity contribution in [2.75, 3.05) is 25.2 Å². The molecule has 0 saturated carbocycles. The molecule has 0 aliphatic heterocycles. The lowest BCUT2D eigenvalue weighted by molar-refractivity contribution is -0.0193. The van der Waals surface area contributed by atoms with Crippen LogP contribution in [0.2, 0.25) is 0 Å². The Bertz CT molecular complexity index is 128. The summed E-state index contributed by atoms with van der Waals surface area (Å²) in [6, 6.07) is 0. The zero-order valence-corrected chi connectivity index (χ0v) is 11.3. The Hall–Kier alpha value is 0.400. The summed E-state index contributed by atoms with van der Waals surface area (Å²) in [7, 11) is 0. The Balaban J connectivity index is 3.57. The van der Waals surface area contributed by atoms with E-state index in [0.717, 1.165) is 18.5 Å². The molecular weight excluding hydrogens is 244 g/mol. The summed E-state index contributed by atoms with van der Waals surface area (Å²) in [5.41, 5.74) is 0. The van der Waals surface area contributed by atoms with Gasteiger partial charge in [-0.15, -0.1) is 0 Å². The van der Waals surface area contributed by atoms with Gasteiger partial charge in [-0.1, -0.05) is 29.8 Å². The Morgan fingerprint density at radius 3 is 2.21 bits per heavy atom. The van der Waals surface area contributed by atoms with E-state index >= 15 is 0 Å². The largest absolute Gasteiger partial charge is 0.379 e. The third-order valence-electron chi connectivity index (χ3n) is 2.29. The standard InChI is InChI=1S/C11H23BrO2/c1-5-13-7-10(4)14-8-11(6-12)9(2)3/h9-11H,5-8H2,1-4H3. The molecule has 0 aromatic rings. The summed E-state index contributed by atoms with van der Waals surface area (Å²) >= 11 is 3.51. The van der Waals surface area contributed by atoms with E-state index in [1.54, 1.807) is 0 Å². The lowest BCUT2D eigenvalue weighted by Gasteiger charge is -2.21. The van der Waals surface area contributed by atoms with Gasteiger partial charge in [-0.25, -0.2) is 0 Å². The Labute approximate surface area is 96.5 Å². The quantitative estimate of drug-likeness (QED) is 0.629. The van der Waals surface area contributed by atoms with Crippen molar-refractivity contribution in [3.63, 3.8) is 0 Å². The van der Waals surface area contributed by atoms with Crippen molar-refractivity contribution in [3.8, 4) is 0 Å². The molecule has 0 amide bonds. The first-order valence-electron chi connectivity index (χ1n) is 5.37. The maximum atomic E-state index is 5.70. The predicted octanol–water partition coefficient (Wildman–Crippen LogP) is 3.10. The van der Waals surface area contributed by atoms with Gasteiger partial charge in [0.05, 0.1) is 19.3 Å². The first-order chi connectivity index (χ1) is 6.61. The van der Waals surface area contributed by atoms with Crippen molar-refractivity contribution in [1.29, 1.82) is 0 Å². The zero-order valence-electron chi connectivity index (χ0n) is 9.75. The minimum Gasteiger partial charge on any atom is -0.379 e. The van der Waals surface area contributed by atoms with E-state index in [1.165, 1.54) is 0 Å². The number of hydrogen-bond donors (Lipinski definition) is 0. The minimum absolute atomic E-state index is 0.204. The Morgan fingerprint density at radius 1 is 1.14 bits per heavy atom. The van der Waals surface area contributed by atoms with E-state index in [-0.39, 0.29) is 6.10 Å². The van der Waals surface area contributed by atoms with Crippen LogP contribution in [-0.4, -0.2) is 31.3 Å². The van der Waals surface area contributed by atoms with Crippen LogP contribution in [-0.2, 0) is 9.47 Å². The molecule has 2 nitrogen and oxygen atoms in total. The normalized spacial score (nSPS) is 15.9. The molecule has 0 N–H and O–H groups in total. The maximum Gasteiger partial charge on any atom is 0.0780 e. The molecule has 86 valence electrons. The molecule has 0 radical (unpaired) electrons. The van der Waals surface area contributed by atoms with Crippen LogP contribution in [0, 0.1) is 11.8 Å². The van der Waals surface area contributed by atoms with Gasteiger partial charge in [-0.2, -0.15) is 0 Å². The number of halogens is 1. The highest BCUT2D eigenvalue weighted by atomic mass is 79.9. The van der Waals surface area contributed by atoms with E-state index in [4.69, 9.17) is 9.47 Å². The summed E-state index contributed by atoms with van der Waals surface area (Å²) in [4.78, 5) is 0. The van der Waals surface area contributed by atoms with Gasteiger partial charge in [0.2, 0.25) is 0 Å². The highest BCUT2D eigenvalue weighted by Gasteiger charge is 2.13. The van der Waals surface area contributed by atoms with Crippen LogP contribution in [0.25, 0.3) is 0 Å². The van der Waals surface area contributed by atoms with E-state index in [2.05, 4.69) is 36.7 Å². The van der Waals surface area contributed by atoms with E-state index in [0.29, 0.717) is 18.4 Å². The molecule has 0 heterocycles. The fraction of sp³-hybridized carbons (Fsp3) is 1.00. The van der Waals surface area contributed by atoms with Gasteiger partial charge in [0.15, 0.2) is 0 Å². The van der Waals surface area contributed by atoms with Crippen LogP contribution in [0.3, 0.4) is 0 Å². The molecule has 0 aliphatic rings. The lowest BCUT2D eigenvalue weighted by atomic mass is 9.99. The molecule has 0 bridgehead atoms.